The number of rotatable bonds is 5. The van der Waals surface area contributed by atoms with Gasteiger partial charge in [-0.2, -0.15) is 0 Å². The summed E-state index contributed by atoms with van der Waals surface area (Å²) in [6.45, 7) is 0.406. The highest BCUT2D eigenvalue weighted by atomic mass is 32.1. The fourth-order valence-electron chi connectivity index (χ4n) is 2.42. The lowest BCUT2D eigenvalue weighted by molar-refractivity contribution is 0.0944. The van der Waals surface area contributed by atoms with Crippen LogP contribution in [0.5, 0.6) is 5.75 Å². The van der Waals surface area contributed by atoms with E-state index < -0.39 is 0 Å². The molecule has 2 aromatic carbocycles. The van der Waals surface area contributed by atoms with Crippen molar-refractivity contribution in [2.45, 2.75) is 6.54 Å². The normalized spacial score (nSPS) is 10.4. The SMILES string of the molecule is COc1cccc(CNC(=O)c2c[nH]c(=S)n2-c2ccccc2)c1. The molecule has 0 unspecified atom stereocenters. The Morgan fingerprint density at radius 3 is 2.75 bits per heavy atom. The summed E-state index contributed by atoms with van der Waals surface area (Å²) in [7, 11) is 1.62. The lowest BCUT2D eigenvalue weighted by Gasteiger charge is -2.09. The van der Waals surface area contributed by atoms with Gasteiger partial charge >= 0.3 is 0 Å². The number of benzene rings is 2. The molecule has 122 valence electrons. The third kappa shape index (κ3) is 3.38. The van der Waals surface area contributed by atoms with Crippen molar-refractivity contribution >= 4 is 18.1 Å². The van der Waals surface area contributed by atoms with E-state index in [9.17, 15) is 4.79 Å². The average Bonchev–Trinajstić information content (AvgIpc) is 3.02. The monoisotopic (exact) mass is 339 g/mol. The molecule has 5 nitrogen and oxygen atoms in total. The van der Waals surface area contributed by atoms with E-state index in [-0.39, 0.29) is 5.91 Å². The third-order valence-corrected chi connectivity index (χ3v) is 3.91. The van der Waals surface area contributed by atoms with Crippen LogP contribution in [0.15, 0.2) is 60.8 Å². The first kappa shape index (κ1) is 16.0. The molecular formula is C18H17N3O2S. The van der Waals surface area contributed by atoms with Gasteiger partial charge in [-0.3, -0.25) is 9.36 Å². The minimum Gasteiger partial charge on any atom is -0.497 e. The van der Waals surface area contributed by atoms with E-state index in [4.69, 9.17) is 17.0 Å². The number of nitrogens with one attached hydrogen (secondary N) is 2. The summed E-state index contributed by atoms with van der Waals surface area (Å²) in [6.07, 6.45) is 1.62. The molecule has 0 aliphatic heterocycles. The van der Waals surface area contributed by atoms with Crippen molar-refractivity contribution in [1.29, 1.82) is 0 Å². The molecule has 0 radical (unpaired) electrons. The Morgan fingerprint density at radius 2 is 2.00 bits per heavy atom. The standard InChI is InChI=1S/C18H17N3O2S/c1-23-15-9-5-6-13(10-15)11-19-17(22)16-12-20-18(24)21(16)14-7-3-2-4-8-14/h2-10,12H,11H2,1H3,(H,19,22)(H,20,24). The van der Waals surface area contributed by atoms with E-state index in [0.29, 0.717) is 17.0 Å². The molecule has 0 spiro atoms. The van der Waals surface area contributed by atoms with Crippen molar-refractivity contribution in [3.05, 3.63) is 76.8 Å². The number of amides is 1. The van der Waals surface area contributed by atoms with Crippen molar-refractivity contribution < 1.29 is 9.53 Å². The maximum atomic E-state index is 12.6. The molecule has 3 rings (SSSR count). The maximum absolute atomic E-state index is 12.6. The molecule has 3 aromatic rings. The van der Waals surface area contributed by atoms with Crippen LogP contribution in [0.4, 0.5) is 0 Å². The highest BCUT2D eigenvalue weighted by molar-refractivity contribution is 7.71. The van der Waals surface area contributed by atoms with Crippen LogP contribution in [-0.4, -0.2) is 22.6 Å². The summed E-state index contributed by atoms with van der Waals surface area (Å²) in [5.41, 5.74) is 2.27. The predicted octanol–water partition coefficient (Wildman–Crippen LogP) is 3.47. The number of methoxy groups -OCH3 is 1. The zero-order valence-electron chi connectivity index (χ0n) is 13.2. The first-order chi connectivity index (χ1) is 11.7. The molecule has 0 atom stereocenters. The number of aromatic nitrogens is 2. The molecular weight excluding hydrogens is 322 g/mol. The van der Waals surface area contributed by atoms with Gasteiger partial charge in [-0.15, -0.1) is 0 Å². The molecule has 6 heteroatoms. The van der Waals surface area contributed by atoms with Crippen molar-refractivity contribution in [3.63, 3.8) is 0 Å². The predicted molar refractivity (Wildman–Crippen MR) is 95.1 cm³/mol. The van der Waals surface area contributed by atoms with Gasteiger partial charge in [0.1, 0.15) is 11.4 Å². The fourth-order valence-corrected chi connectivity index (χ4v) is 2.69. The maximum Gasteiger partial charge on any atom is 0.270 e. The van der Waals surface area contributed by atoms with Gasteiger partial charge in [-0.05, 0) is 42.0 Å². The Kier molecular flexibility index (Phi) is 4.77. The Bertz CT molecular complexity index is 900. The number of H-pyrrole nitrogens is 1. The summed E-state index contributed by atoms with van der Waals surface area (Å²) in [5, 5.41) is 2.91. The van der Waals surface area contributed by atoms with Crippen molar-refractivity contribution in [1.82, 2.24) is 14.9 Å². The van der Waals surface area contributed by atoms with Crippen LogP contribution >= 0.6 is 12.2 Å². The van der Waals surface area contributed by atoms with Gasteiger partial charge in [0, 0.05) is 18.4 Å². The van der Waals surface area contributed by atoms with Crippen LogP contribution in [-0.2, 0) is 6.54 Å². The second-order valence-corrected chi connectivity index (χ2v) is 5.57. The Balaban J connectivity index is 1.80. The first-order valence-electron chi connectivity index (χ1n) is 7.46. The first-order valence-corrected chi connectivity index (χ1v) is 7.87. The van der Waals surface area contributed by atoms with Crippen LogP contribution in [0.25, 0.3) is 5.69 Å². The molecule has 0 aliphatic rings. The van der Waals surface area contributed by atoms with E-state index in [1.165, 1.54) is 0 Å². The Labute approximate surface area is 144 Å². The number of ether oxygens (including phenoxy) is 1. The summed E-state index contributed by atoms with van der Waals surface area (Å²) >= 11 is 5.30. The van der Waals surface area contributed by atoms with Crippen LogP contribution < -0.4 is 10.1 Å². The van der Waals surface area contributed by atoms with Crippen molar-refractivity contribution in [3.8, 4) is 11.4 Å². The minimum atomic E-state index is -0.200. The third-order valence-electron chi connectivity index (χ3n) is 3.61. The molecule has 0 fully saturated rings. The molecule has 0 saturated carbocycles. The molecule has 1 amide bonds. The molecule has 2 N–H and O–H groups in total. The molecule has 0 saturated heterocycles. The summed E-state index contributed by atoms with van der Waals surface area (Å²) in [5.74, 6) is 0.560. The number of hydrogen-bond acceptors (Lipinski definition) is 3. The number of imidazole rings is 1. The van der Waals surface area contributed by atoms with Gasteiger partial charge in [0.25, 0.3) is 5.91 Å². The molecule has 0 aliphatic carbocycles. The zero-order valence-corrected chi connectivity index (χ0v) is 14.0. The number of carbonyl (C=O) groups excluding carboxylic acids is 1. The molecule has 0 bridgehead atoms. The number of aromatic amines is 1. The summed E-state index contributed by atoms with van der Waals surface area (Å²) < 4.78 is 7.39. The van der Waals surface area contributed by atoms with E-state index >= 15 is 0 Å². The van der Waals surface area contributed by atoms with E-state index in [2.05, 4.69) is 10.3 Å². The van der Waals surface area contributed by atoms with Crippen LogP contribution in [0.3, 0.4) is 0 Å². The van der Waals surface area contributed by atoms with Crippen LogP contribution in [0, 0.1) is 4.77 Å². The topological polar surface area (TPSA) is 59.0 Å². The Hall–Kier alpha value is -2.86. The van der Waals surface area contributed by atoms with Gasteiger partial charge in [0.2, 0.25) is 0 Å². The summed E-state index contributed by atoms with van der Waals surface area (Å²) in [4.78, 5) is 15.5. The molecule has 1 heterocycles. The van der Waals surface area contributed by atoms with E-state index in [1.807, 2.05) is 54.6 Å². The average molecular weight is 339 g/mol. The van der Waals surface area contributed by atoms with Gasteiger partial charge in [-0.25, -0.2) is 0 Å². The van der Waals surface area contributed by atoms with Gasteiger partial charge in [-0.1, -0.05) is 30.3 Å². The lowest BCUT2D eigenvalue weighted by atomic mass is 10.2. The molecule has 24 heavy (non-hydrogen) atoms. The number of para-hydroxylation sites is 1. The number of hydrogen-bond donors (Lipinski definition) is 2. The quantitative estimate of drug-likeness (QED) is 0.700. The van der Waals surface area contributed by atoms with Gasteiger partial charge in [0.15, 0.2) is 4.77 Å². The second-order valence-electron chi connectivity index (χ2n) is 5.18. The second kappa shape index (κ2) is 7.14. The number of nitrogens with zero attached hydrogens (tertiary/aromatic N) is 1. The Morgan fingerprint density at radius 1 is 1.21 bits per heavy atom. The van der Waals surface area contributed by atoms with Gasteiger partial charge < -0.3 is 15.0 Å². The van der Waals surface area contributed by atoms with Gasteiger partial charge in [0.05, 0.1) is 7.11 Å². The zero-order chi connectivity index (χ0) is 16.9. The molecule has 1 aromatic heterocycles. The van der Waals surface area contributed by atoms with Crippen molar-refractivity contribution in [2.24, 2.45) is 0 Å². The summed E-state index contributed by atoms with van der Waals surface area (Å²) in [6, 6.07) is 17.1. The van der Waals surface area contributed by atoms with Crippen LogP contribution in [0.2, 0.25) is 0 Å². The van der Waals surface area contributed by atoms with E-state index in [0.717, 1.165) is 17.0 Å². The highest BCUT2D eigenvalue weighted by Gasteiger charge is 2.14. The lowest BCUT2D eigenvalue weighted by Crippen LogP contribution is -2.25. The van der Waals surface area contributed by atoms with Crippen molar-refractivity contribution in [2.75, 3.05) is 7.11 Å². The largest absolute Gasteiger partial charge is 0.497 e. The minimum absolute atomic E-state index is 0.200. The number of carbonyl (C=O) groups is 1. The smallest absolute Gasteiger partial charge is 0.270 e. The van der Waals surface area contributed by atoms with Crippen LogP contribution in [0.1, 0.15) is 16.1 Å². The fraction of sp³-hybridized carbons (Fsp3) is 0.111. The van der Waals surface area contributed by atoms with E-state index in [1.54, 1.807) is 17.9 Å². The highest BCUT2D eigenvalue weighted by Crippen LogP contribution is 2.14.